The highest BCUT2D eigenvalue weighted by Crippen LogP contribution is 2.40. The predicted molar refractivity (Wildman–Crippen MR) is 43.0 cm³/mol. The Bertz CT molecular complexity index is 470. The molecule has 0 fully saturated rings. The third-order valence-electron chi connectivity index (χ3n) is 1.65. The standard InChI is InChI=1S/C7H2F6N4/c8-6(9,10)3-1-5(16-17-14)15-2-4(3)7(11,12)13/h1-2H. The van der Waals surface area contributed by atoms with E-state index in [1.165, 1.54) is 0 Å². The van der Waals surface area contributed by atoms with Gasteiger partial charge in [-0.1, -0.05) is 0 Å². The molecule has 0 aliphatic carbocycles. The van der Waals surface area contributed by atoms with E-state index in [1.54, 1.807) is 0 Å². The van der Waals surface area contributed by atoms with Gasteiger partial charge < -0.3 is 0 Å². The van der Waals surface area contributed by atoms with Crippen molar-refractivity contribution in [2.24, 2.45) is 5.11 Å². The number of hydrogen-bond donors (Lipinski definition) is 0. The van der Waals surface area contributed by atoms with Crippen LogP contribution in [-0.2, 0) is 12.4 Å². The lowest BCUT2D eigenvalue weighted by atomic mass is 10.1. The Balaban J connectivity index is 3.48. The molecule has 92 valence electrons. The fraction of sp³-hybridized carbons (Fsp3) is 0.286. The number of hydrogen-bond acceptors (Lipinski definition) is 2. The maximum atomic E-state index is 12.3. The van der Waals surface area contributed by atoms with Crippen LogP contribution in [0.3, 0.4) is 0 Å². The van der Waals surface area contributed by atoms with Crippen LogP contribution in [0.2, 0.25) is 0 Å². The molecule has 0 unspecified atom stereocenters. The Morgan fingerprint density at radius 2 is 1.59 bits per heavy atom. The van der Waals surface area contributed by atoms with E-state index in [4.69, 9.17) is 5.53 Å². The molecule has 0 radical (unpaired) electrons. The van der Waals surface area contributed by atoms with E-state index in [0.29, 0.717) is 0 Å². The van der Waals surface area contributed by atoms with Crippen LogP contribution < -0.4 is 0 Å². The van der Waals surface area contributed by atoms with Gasteiger partial charge in [-0.15, -0.1) is 0 Å². The topological polar surface area (TPSA) is 61.7 Å². The maximum absolute atomic E-state index is 12.3. The fourth-order valence-electron chi connectivity index (χ4n) is 1.01. The summed E-state index contributed by atoms with van der Waals surface area (Å²) in [6.45, 7) is 0. The Kier molecular flexibility index (Phi) is 3.18. The maximum Gasteiger partial charge on any atom is 0.418 e. The molecule has 4 nitrogen and oxygen atoms in total. The van der Waals surface area contributed by atoms with Crippen molar-refractivity contribution in [1.82, 2.24) is 4.98 Å². The number of pyridine rings is 1. The van der Waals surface area contributed by atoms with E-state index >= 15 is 0 Å². The van der Waals surface area contributed by atoms with Gasteiger partial charge in [0.2, 0.25) is 0 Å². The van der Waals surface area contributed by atoms with Gasteiger partial charge in [0.25, 0.3) is 0 Å². The van der Waals surface area contributed by atoms with Crippen LogP contribution in [-0.4, -0.2) is 4.98 Å². The summed E-state index contributed by atoms with van der Waals surface area (Å²) in [5.74, 6) is -0.784. The minimum Gasteiger partial charge on any atom is -0.254 e. The lowest BCUT2D eigenvalue weighted by Gasteiger charge is -2.14. The van der Waals surface area contributed by atoms with E-state index in [0.717, 1.165) is 0 Å². The van der Waals surface area contributed by atoms with Crippen molar-refractivity contribution in [2.75, 3.05) is 0 Å². The van der Waals surface area contributed by atoms with Crippen molar-refractivity contribution >= 4 is 5.82 Å². The van der Waals surface area contributed by atoms with Crippen LogP contribution in [0.5, 0.6) is 0 Å². The molecule has 0 saturated heterocycles. The average Bonchev–Trinajstić information content (AvgIpc) is 2.15. The minimum atomic E-state index is -5.21. The van der Waals surface area contributed by atoms with Gasteiger partial charge >= 0.3 is 12.4 Å². The van der Waals surface area contributed by atoms with E-state index < -0.39 is 29.3 Å². The van der Waals surface area contributed by atoms with Crippen LogP contribution in [0.15, 0.2) is 17.4 Å². The second-order valence-corrected chi connectivity index (χ2v) is 2.77. The van der Waals surface area contributed by atoms with Crippen molar-refractivity contribution in [2.45, 2.75) is 12.4 Å². The van der Waals surface area contributed by atoms with Gasteiger partial charge in [0.05, 0.1) is 11.1 Å². The normalized spacial score (nSPS) is 12.1. The van der Waals surface area contributed by atoms with Gasteiger partial charge in [-0.3, -0.25) is 4.98 Å². The highest BCUT2D eigenvalue weighted by Gasteiger charge is 2.43. The molecule has 0 aromatic carbocycles. The van der Waals surface area contributed by atoms with Gasteiger partial charge in [-0.2, -0.15) is 26.3 Å². The lowest BCUT2D eigenvalue weighted by Crippen LogP contribution is -2.16. The number of nitrogens with zero attached hydrogens (tertiary/aromatic N) is 4. The highest BCUT2D eigenvalue weighted by molar-refractivity contribution is 5.39. The third kappa shape index (κ3) is 3.00. The number of azide groups is 1. The molecule has 0 spiro atoms. The van der Waals surface area contributed by atoms with Gasteiger partial charge in [-0.05, 0) is 16.7 Å². The molecule has 1 rings (SSSR count). The molecule has 1 heterocycles. The van der Waals surface area contributed by atoms with Crippen LogP contribution in [0.25, 0.3) is 10.4 Å². The van der Waals surface area contributed by atoms with Crippen molar-refractivity contribution < 1.29 is 26.3 Å². The Morgan fingerprint density at radius 3 is 2.00 bits per heavy atom. The molecule has 0 bridgehead atoms. The summed E-state index contributed by atoms with van der Waals surface area (Å²) in [5, 5.41) is 2.71. The number of rotatable bonds is 1. The Labute approximate surface area is 89.5 Å². The molecule has 0 aliphatic heterocycles. The molecule has 0 aliphatic rings. The summed E-state index contributed by atoms with van der Waals surface area (Å²) in [6.07, 6.45) is -10.4. The van der Waals surface area contributed by atoms with Crippen LogP contribution in [0.4, 0.5) is 32.2 Å². The van der Waals surface area contributed by atoms with Crippen molar-refractivity contribution in [1.29, 1.82) is 0 Å². The molecule has 10 heteroatoms. The lowest BCUT2D eigenvalue weighted by molar-refractivity contribution is -0.162. The molecule has 0 N–H and O–H groups in total. The largest absolute Gasteiger partial charge is 0.418 e. The van der Waals surface area contributed by atoms with Gasteiger partial charge in [0, 0.05) is 11.1 Å². The zero-order valence-electron chi connectivity index (χ0n) is 7.71. The van der Waals surface area contributed by atoms with E-state index in [2.05, 4.69) is 15.0 Å². The Morgan fingerprint density at radius 1 is 1.06 bits per heavy atom. The van der Waals surface area contributed by atoms with Crippen LogP contribution in [0, 0.1) is 0 Å². The van der Waals surface area contributed by atoms with Crippen molar-refractivity contribution in [3.8, 4) is 0 Å². The summed E-state index contributed by atoms with van der Waals surface area (Å²) in [5.41, 5.74) is 4.09. The third-order valence-corrected chi connectivity index (χ3v) is 1.65. The minimum absolute atomic E-state index is 0.0210. The first-order chi connectivity index (χ1) is 7.66. The predicted octanol–water partition coefficient (Wildman–Crippen LogP) is 4.06. The molecular weight excluding hydrogens is 254 g/mol. The summed E-state index contributed by atoms with van der Waals surface area (Å²) in [7, 11) is 0. The van der Waals surface area contributed by atoms with E-state index in [9.17, 15) is 26.3 Å². The Hall–Kier alpha value is -1.96. The van der Waals surface area contributed by atoms with Gasteiger partial charge in [0.15, 0.2) is 0 Å². The number of halogens is 6. The molecule has 1 aromatic heterocycles. The second kappa shape index (κ2) is 4.13. The zero-order valence-corrected chi connectivity index (χ0v) is 7.71. The van der Waals surface area contributed by atoms with E-state index in [-0.39, 0.29) is 12.3 Å². The van der Waals surface area contributed by atoms with Gasteiger partial charge in [-0.25, -0.2) is 0 Å². The summed E-state index contributed by atoms with van der Waals surface area (Å²) >= 11 is 0. The first kappa shape index (κ1) is 13.1. The quantitative estimate of drug-likeness (QED) is 0.323. The SMILES string of the molecule is [N-]=[N+]=Nc1cc(C(F)(F)F)c(C(F)(F)F)cn1. The van der Waals surface area contributed by atoms with E-state index in [1.807, 2.05) is 0 Å². The van der Waals surface area contributed by atoms with Crippen LogP contribution in [0.1, 0.15) is 11.1 Å². The monoisotopic (exact) mass is 256 g/mol. The van der Waals surface area contributed by atoms with Crippen LogP contribution >= 0.6 is 0 Å². The van der Waals surface area contributed by atoms with Crippen molar-refractivity contribution in [3.63, 3.8) is 0 Å². The molecule has 17 heavy (non-hydrogen) atoms. The zero-order chi connectivity index (χ0) is 13.3. The number of alkyl halides is 6. The molecule has 0 saturated carbocycles. The summed E-state index contributed by atoms with van der Waals surface area (Å²) in [6, 6.07) is 0.0442. The molecule has 1 aromatic rings. The first-order valence-electron chi connectivity index (χ1n) is 3.86. The van der Waals surface area contributed by atoms with Crippen molar-refractivity contribution in [3.05, 3.63) is 33.8 Å². The highest BCUT2D eigenvalue weighted by atomic mass is 19.4. The smallest absolute Gasteiger partial charge is 0.254 e. The number of aromatic nitrogens is 1. The average molecular weight is 256 g/mol. The fourth-order valence-corrected chi connectivity index (χ4v) is 1.01. The van der Waals surface area contributed by atoms with Gasteiger partial charge in [0.1, 0.15) is 5.82 Å². The molecule has 0 atom stereocenters. The summed E-state index contributed by atoms with van der Waals surface area (Å²) < 4.78 is 73.8. The summed E-state index contributed by atoms with van der Waals surface area (Å²) in [4.78, 5) is 5.10. The molecular formula is C7H2F6N4. The first-order valence-corrected chi connectivity index (χ1v) is 3.86. The second-order valence-electron chi connectivity index (χ2n) is 2.77. The molecule has 0 amide bonds.